The number of hydrogen-bond acceptors (Lipinski definition) is 5. The molecule has 4 aliphatic rings. The average Bonchev–Trinajstić information content (AvgIpc) is 2.72. The molecule has 1 spiro atoms. The first-order valence-corrected chi connectivity index (χ1v) is 8.06. The van der Waals surface area contributed by atoms with Gasteiger partial charge in [-0.05, 0) is 51.9 Å². The summed E-state index contributed by atoms with van der Waals surface area (Å²) in [7, 11) is 3.94. The Balaban J connectivity index is 1.85. The van der Waals surface area contributed by atoms with Crippen LogP contribution in [0.1, 0.15) is 25.7 Å². The summed E-state index contributed by atoms with van der Waals surface area (Å²) in [5.41, 5.74) is -1.45. The van der Waals surface area contributed by atoms with E-state index in [4.69, 9.17) is 0 Å². The van der Waals surface area contributed by atoms with Gasteiger partial charge < -0.3 is 10.0 Å². The SMILES string of the molecule is CN1CC[C@H]2[C@@H]3CC(=O)C[C@]34CCN(C)[C@@H](C4=O)[C@]2(O)C1. The lowest BCUT2D eigenvalue weighted by Crippen LogP contribution is -2.76. The van der Waals surface area contributed by atoms with E-state index in [1.54, 1.807) is 0 Å². The first-order chi connectivity index (χ1) is 9.88. The summed E-state index contributed by atoms with van der Waals surface area (Å²) < 4.78 is 0. The second kappa shape index (κ2) is 4.15. The first kappa shape index (κ1) is 13.9. The van der Waals surface area contributed by atoms with Gasteiger partial charge in [0.1, 0.15) is 11.4 Å². The summed E-state index contributed by atoms with van der Waals surface area (Å²) in [6, 6.07) is -0.429. The molecule has 2 saturated carbocycles. The molecule has 0 aromatic heterocycles. The van der Waals surface area contributed by atoms with E-state index in [0.29, 0.717) is 19.4 Å². The van der Waals surface area contributed by atoms with Crippen LogP contribution in [0.15, 0.2) is 0 Å². The van der Waals surface area contributed by atoms with Crippen LogP contribution in [0.25, 0.3) is 0 Å². The number of carbonyl (C=O) groups is 2. The molecule has 2 bridgehead atoms. The average molecular weight is 292 g/mol. The minimum Gasteiger partial charge on any atom is -0.386 e. The highest BCUT2D eigenvalue weighted by Gasteiger charge is 2.70. The molecule has 5 heteroatoms. The largest absolute Gasteiger partial charge is 0.386 e. The minimum absolute atomic E-state index is 0.0705. The van der Waals surface area contributed by atoms with Crippen molar-refractivity contribution >= 4 is 11.6 Å². The van der Waals surface area contributed by atoms with Crippen LogP contribution < -0.4 is 0 Å². The van der Waals surface area contributed by atoms with Gasteiger partial charge in [0.15, 0.2) is 5.78 Å². The molecule has 4 rings (SSSR count). The van der Waals surface area contributed by atoms with Gasteiger partial charge in [0.05, 0.1) is 6.04 Å². The molecular weight excluding hydrogens is 268 g/mol. The maximum Gasteiger partial charge on any atom is 0.159 e. The van der Waals surface area contributed by atoms with Crippen molar-refractivity contribution in [1.82, 2.24) is 9.80 Å². The Kier molecular flexibility index (Phi) is 2.74. The van der Waals surface area contributed by atoms with E-state index < -0.39 is 17.1 Å². The Morgan fingerprint density at radius 2 is 1.95 bits per heavy atom. The smallest absolute Gasteiger partial charge is 0.159 e. The van der Waals surface area contributed by atoms with Crippen LogP contribution in [0.5, 0.6) is 0 Å². The second-order valence-electron chi connectivity index (χ2n) is 7.80. The number of nitrogens with zero attached hydrogens (tertiary/aromatic N) is 2. The molecule has 5 atom stereocenters. The highest BCUT2D eigenvalue weighted by Crippen LogP contribution is 2.60. The van der Waals surface area contributed by atoms with Crippen LogP contribution in [0.3, 0.4) is 0 Å². The van der Waals surface area contributed by atoms with Crippen molar-refractivity contribution in [3.8, 4) is 0 Å². The van der Waals surface area contributed by atoms with E-state index in [0.717, 1.165) is 25.9 Å². The number of aliphatic hydroxyl groups is 1. The predicted molar refractivity (Wildman–Crippen MR) is 76.8 cm³/mol. The van der Waals surface area contributed by atoms with Gasteiger partial charge in [-0.1, -0.05) is 0 Å². The number of Topliss-reactive ketones (excluding diaryl/α,β-unsaturated/α-hetero) is 2. The van der Waals surface area contributed by atoms with Gasteiger partial charge in [0.25, 0.3) is 0 Å². The number of rotatable bonds is 0. The molecule has 0 radical (unpaired) electrons. The number of ketones is 2. The molecule has 5 nitrogen and oxygen atoms in total. The normalized spacial score (nSPS) is 50.9. The van der Waals surface area contributed by atoms with Gasteiger partial charge in [0, 0.05) is 24.8 Å². The maximum absolute atomic E-state index is 13.2. The van der Waals surface area contributed by atoms with Crippen molar-refractivity contribution in [2.75, 3.05) is 33.7 Å². The number of hydrogen-bond donors (Lipinski definition) is 1. The molecule has 21 heavy (non-hydrogen) atoms. The Bertz CT molecular complexity index is 522. The Hall–Kier alpha value is -0.780. The van der Waals surface area contributed by atoms with E-state index in [1.165, 1.54) is 0 Å². The third kappa shape index (κ3) is 1.57. The van der Waals surface area contributed by atoms with Crippen molar-refractivity contribution in [2.45, 2.75) is 37.3 Å². The Labute approximate surface area is 125 Å². The number of β-amino-alcohol motifs (C(OH)–C–C–N with tert-alkyl or cyclic N) is 1. The number of piperidine rings is 2. The molecule has 2 heterocycles. The summed E-state index contributed by atoms with van der Waals surface area (Å²) in [6.45, 7) is 2.29. The molecule has 2 aliphatic heterocycles. The Morgan fingerprint density at radius 1 is 1.19 bits per heavy atom. The van der Waals surface area contributed by atoms with E-state index in [2.05, 4.69) is 4.90 Å². The van der Waals surface area contributed by atoms with Gasteiger partial charge in [-0.15, -0.1) is 0 Å². The monoisotopic (exact) mass is 292 g/mol. The van der Waals surface area contributed by atoms with Gasteiger partial charge >= 0.3 is 0 Å². The van der Waals surface area contributed by atoms with E-state index in [9.17, 15) is 14.7 Å². The van der Waals surface area contributed by atoms with E-state index in [1.807, 2.05) is 19.0 Å². The lowest BCUT2D eigenvalue weighted by molar-refractivity contribution is -0.205. The molecule has 4 fully saturated rings. The highest BCUT2D eigenvalue weighted by atomic mass is 16.3. The van der Waals surface area contributed by atoms with Gasteiger partial charge in [-0.3, -0.25) is 14.5 Å². The lowest BCUT2D eigenvalue weighted by atomic mass is 9.50. The molecular formula is C16H24N2O3. The number of likely N-dealkylation sites (tertiary alicyclic amines) is 2. The van der Waals surface area contributed by atoms with E-state index in [-0.39, 0.29) is 23.4 Å². The fraction of sp³-hybridized carbons (Fsp3) is 0.875. The van der Waals surface area contributed by atoms with Crippen molar-refractivity contribution in [3.05, 3.63) is 0 Å². The summed E-state index contributed by atoms with van der Waals surface area (Å²) in [5.74, 6) is 0.521. The van der Waals surface area contributed by atoms with Crippen molar-refractivity contribution < 1.29 is 14.7 Å². The molecule has 0 unspecified atom stereocenters. The zero-order chi connectivity index (χ0) is 15.0. The fourth-order valence-electron chi connectivity index (χ4n) is 5.85. The third-order valence-corrected chi connectivity index (χ3v) is 6.71. The standard InChI is InChI=1S/C16H24N2O3/c1-17-5-3-11-12-7-10(19)8-15(12)4-6-18(2)13(14(15)20)16(11,21)9-17/h11-13,21H,3-9H2,1-2H3/t11-,12-,13-,15+,16-/m0/s1. The van der Waals surface area contributed by atoms with Crippen LogP contribution in [0, 0.1) is 17.3 Å². The molecule has 2 saturated heterocycles. The molecule has 116 valence electrons. The predicted octanol–water partition coefficient (Wildman–Crippen LogP) is -0.0785. The number of carbonyl (C=O) groups excluding carboxylic acids is 2. The van der Waals surface area contributed by atoms with Gasteiger partial charge in [0.2, 0.25) is 0 Å². The van der Waals surface area contributed by atoms with E-state index >= 15 is 0 Å². The molecule has 0 aromatic carbocycles. The third-order valence-electron chi connectivity index (χ3n) is 6.71. The van der Waals surface area contributed by atoms with Crippen LogP contribution in [-0.4, -0.2) is 71.8 Å². The summed E-state index contributed by atoms with van der Waals surface area (Å²) >= 11 is 0. The zero-order valence-corrected chi connectivity index (χ0v) is 12.8. The van der Waals surface area contributed by atoms with Gasteiger partial charge in [-0.25, -0.2) is 0 Å². The quantitative estimate of drug-likeness (QED) is 0.677. The second-order valence-corrected chi connectivity index (χ2v) is 7.80. The van der Waals surface area contributed by atoms with Crippen LogP contribution in [-0.2, 0) is 9.59 Å². The topological polar surface area (TPSA) is 60.9 Å². The number of likely N-dealkylation sites (N-methyl/N-ethyl adjacent to an activating group) is 2. The van der Waals surface area contributed by atoms with Crippen molar-refractivity contribution in [1.29, 1.82) is 0 Å². The molecule has 2 aliphatic carbocycles. The summed E-state index contributed by atoms with van der Waals surface area (Å²) in [5, 5.41) is 11.4. The summed E-state index contributed by atoms with van der Waals surface area (Å²) in [6.07, 6.45) is 2.60. The summed E-state index contributed by atoms with van der Waals surface area (Å²) in [4.78, 5) is 29.4. The zero-order valence-electron chi connectivity index (χ0n) is 12.8. The highest BCUT2D eigenvalue weighted by molar-refractivity contribution is 6.00. The van der Waals surface area contributed by atoms with Gasteiger partial charge in [-0.2, -0.15) is 0 Å². The molecule has 1 N–H and O–H groups in total. The maximum atomic E-state index is 13.2. The lowest BCUT2D eigenvalue weighted by Gasteiger charge is -2.62. The van der Waals surface area contributed by atoms with Crippen LogP contribution >= 0.6 is 0 Å². The fourth-order valence-corrected chi connectivity index (χ4v) is 5.85. The molecule has 0 amide bonds. The van der Waals surface area contributed by atoms with Crippen molar-refractivity contribution in [2.24, 2.45) is 17.3 Å². The Morgan fingerprint density at radius 3 is 2.71 bits per heavy atom. The van der Waals surface area contributed by atoms with Crippen LogP contribution in [0.2, 0.25) is 0 Å². The first-order valence-electron chi connectivity index (χ1n) is 8.06. The minimum atomic E-state index is -0.988. The van der Waals surface area contributed by atoms with Crippen LogP contribution in [0.4, 0.5) is 0 Å². The molecule has 0 aromatic rings. The van der Waals surface area contributed by atoms with Crippen molar-refractivity contribution in [3.63, 3.8) is 0 Å². The number of fused-ring (bicyclic) bond motifs is 4.